The summed E-state index contributed by atoms with van der Waals surface area (Å²) in [6, 6.07) is 3.99. The topological polar surface area (TPSA) is 38.7 Å². The molecule has 13 heavy (non-hydrogen) atoms. The highest BCUT2D eigenvalue weighted by Gasteiger charge is 2.02. The van der Waals surface area contributed by atoms with E-state index < -0.39 is 0 Å². The van der Waals surface area contributed by atoms with Crippen molar-refractivity contribution in [2.75, 3.05) is 0 Å². The molecule has 0 saturated heterocycles. The van der Waals surface area contributed by atoms with Gasteiger partial charge in [0.25, 0.3) is 0 Å². The van der Waals surface area contributed by atoms with Gasteiger partial charge in [0.2, 0.25) is 0 Å². The molecule has 0 radical (unpaired) electrons. The Labute approximate surface area is 80.5 Å². The summed E-state index contributed by atoms with van der Waals surface area (Å²) < 4.78 is 0. The van der Waals surface area contributed by atoms with Gasteiger partial charge < -0.3 is 0 Å². The molecule has 0 aliphatic rings. The lowest BCUT2D eigenvalue weighted by Gasteiger charge is -1.94. The Balaban J connectivity index is 2.41. The smallest absolute Gasteiger partial charge is 0.149 e. The van der Waals surface area contributed by atoms with Crippen molar-refractivity contribution in [1.82, 2.24) is 15.2 Å². The fourth-order valence-corrected chi connectivity index (χ4v) is 1.69. The molecule has 0 fully saturated rings. The van der Waals surface area contributed by atoms with Crippen molar-refractivity contribution >= 4 is 11.3 Å². The number of nitrogens with zero attached hydrogens (tertiary/aromatic N) is 3. The highest BCUT2D eigenvalue weighted by atomic mass is 32.1. The standard InChI is InChI=1S/C9H9N3S/c1-6-3-4-8(5-10-6)9-12-11-7(2)13-9/h3-5H,1-2H3. The van der Waals surface area contributed by atoms with E-state index in [9.17, 15) is 0 Å². The van der Waals surface area contributed by atoms with Crippen LogP contribution in [0, 0.1) is 13.8 Å². The zero-order chi connectivity index (χ0) is 9.26. The summed E-state index contributed by atoms with van der Waals surface area (Å²) in [4.78, 5) is 4.20. The van der Waals surface area contributed by atoms with Crippen molar-refractivity contribution < 1.29 is 0 Å². The van der Waals surface area contributed by atoms with E-state index in [0.717, 1.165) is 21.3 Å². The summed E-state index contributed by atoms with van der Waals surface area (Å²) in [7, 11) is 0. The molecule has 66 valence electrons. The molecule has 0 amide bonds. The highest BCUT2D eigenvalue weighted by Crippen LogP contribution is 2.21. The zero-order valence-corrected chi connectivity index (χ0v) is 8.30. The zero-order valence-electron chi connectivity index (χ0n) is 7.48. The molecule has 0 unspecified atom stereocenters. The minimum absolute atomic E-state index is 0.935. The average Bonchev–Trinajstić information content (AvgIpc) is 2.53. The molecule has 0 aliphatic carbocycles. The van der Waals surface area contributed by atoms with Gasteiger partial charge in [0.1, 0.15) is 10.0 Å². The lowest BCUT2D eigenvalue weighted by molar-refractivity contribution is 1.05. The van der Waals surface area contributed by atoms with Gasteiger partial charge in [-0.25, -0.2) is 0 Å². The van der Waals surface area contributed by atoms with Crippen molar-refractivity contribution in [2.45, 2.75) is 13.8 Å². The van der Waals surface area contributed by atoms with E-state index in [1.807, 2.05) is 32.2 Å². The molecule has 2 heterocycles. The van der Waals surface area contributed by atoms with Gasteiger partial charge in [0.15, 0.2) is 0 Å². The fraction of sp³-hybridized carbons (Fsp3) is 0.222. The largest absolute Gasteiger partial charge is 0.261 e. The quantitative estimate of drug-likeness (QED) is 0.693. The summed E-state index contributed by atoms with van der Waals surface area (Å²) in [5, 5.41) is 9.92. The SMILES string of the molecule is Cc1ccc(-c2nnc(C)s2)cn1. The van der Waals surface area contributed by atoms with Crippen LogP contribution in [-0.4, -0.2) is 15.2 Å². The predicted octanol–water partition coefficient (Wildman–Crippen LogP) is 2.22. The van der Waals surface area contributed by atoms with E-state index in [1.54, 1.807) is 11.3 Å². The number of hydrogen-bond acceptors (Lipinski definition) is 4. The third-order valence-electron chi connectivity index (χ3n) is 1.68. The van der Waals surface area contributed by atoms with Gasteiger partial charge in [-0.15, -0.1) is 10.2 Å². The van der Waals surface area contributed by atoms with Crippen molar-refractivity contribution in [2.24, 2.45) is 0 Å². The minimum atomic E-state index is 0.935. The molecular formula is C9H9N3S. The Morgan fingerprint density at radius 3 is 2.54 bits per heavy atom. The molecule has 0 aromatic carbocycles. The van der Waals surface area contributed by atoms with Crippen molar-refractivity contribution in [1.29, 1.82) is 0 Å². The molecule has 2 aromatic heterocycles. The normalized spacial score (nSPS) is 10.3. The van der Waals surface area contributed by atoms with E-state index in [1.165, 1.54) is 0 Å². The van der Waals surface area contributed by atoms with Gasteiger partial charge in [-0.1, -0.05) is 11.3 Å². The van der Waals surface area contributed by atoms with Crippen LogP contribution in [0.1, 0.15) is 10.7 Å². The summed E-state index contributed by atoms with van der Waals surface area (Å²) >= 11 is 1.58. The summed E-state index contributed by atoms with van der Waals surface area (Å²) in [5.41, 5.74) is 2.06. The van der Waals surface area contributed by atoms with Gasteiger partial charge >= 0.3 is 0 Å². The first-order valence-corrected chi connectivity index (χ1v) is 4.80. The van der Waals surface area contributed by atoms with Crippen LogP contribution in [-0.2, 0) is 0 Å². The summed E-state index contributed by atoms with van der Waals surface area (Å²) in [5.74, 6) is 0. The maximum atomic E-state index is 4.20. The number of aryl methyl sites for hydroxylation is 2. The maximum Gasteiger partial charge on any atom is 0.149 e. The van der Waals surface area contributed by atoms with Crippen LogP contribution in [0.5, 0.6) is 0 Å². The van der Waals surface area contributed by atoms with E-state index in [4.69, 9.17) is 0 Å². The van der Waals surface area contributed by atoms with E-state index in [-0.39, 0.29) is 0 Å². The van der Waals surface area contributed by atoms with Gasteiger partial charge in [0, 0.05) is 17.5 Å². The van der Waals surface area contributed by atoms with Crippen LogP contribution in [0.25, 0.3) is 10.6 Å². The van der Waals surface area contributed by atoms with Crippen LogP contribution in [0.4, 0.5) is 0 Å². The molecule has 0 spiro atoms. The fourth-order valence-electron chi connectivity index (χ4n) is 1.01. The number of hydrogen-bond donors (Lipinski definition) is 0. The van der Waals surface area contributed by atoms with Crippen LogP contribution >= 0.6 is 11.3 Å². The Morgan fingerprint density at radius 2 is 2.00 bits per heavy atom. The van der Waals surface area contributed by atoms with E-state index in [0.29, 0.717) is 0 Å². The lowest BCUT2D eigenvalue weighted by Crippen LogP contribution is -1.81. The van der Waals surface area contributed by atoms with Crippen molar-refractivity contribution in [3.8, 4) is 10.6 Å². The maximum absolute atomic E-state index is 4.20. The molecule has 3 nitrogen and oxygen atoms in total. The molecule has 0 saturated carbocycles. The number of aromatic nitrogens is 3. The second-order valence-corrected chi connectivity index (χ2v) is 4.00. The molecule has 0 N–H and O–H groups in total. The van der Waals surface area contributed by atoms with Crippen LogP contribution in [0.3, 0.4) is 0 Å². The van der Waals surface area contributed by atoms with Gasteiger partial charge in [-0.05, 0) is 26.0 Å². The third-order valence-corrected chi connectivity index (χ3v) is 2.57. The van der Waals surface area contributed by atoms with Gasteiger partial charge in [-0.3, -0.25) is 4.98 Å². The molecular weight excluding hydrogens is 182 g/mol. The van der Waals surface area contributed by atoms with E-state index >= 15 is 0 Å². The Bertz CT molecular complexity index is 405. The Hall–Kier alpha value is -1.29. The molecule has 2 rings (SSSR count). The molecule has 0 bridgehead atoms. The Kier molecular flexibility index (Phi) is 2.06. The molecule has 0 aliphatic heterocycles. The first kappa shape index (κ1) is 8.31. The third kappa shape index (κ3) is 1.72. The molecule has 4 heteroatoms. The second-order valence-electron chi connectivity index (χ2n) is 2.81. The molecule has 2 aromatic rings. The number of rotatable bonds is 1. The van der Waals surface area contributed by atoms with Crippen molar-refractivity contribution in [3.05, 3.63) is 29.0 Å². The molecule has 0 atom stereocenters. The van der Waals surface area contributed by atoms with Crippen LogP contribution in [0.2, 0.25) is 0 Å². The van der Waals surface area contributed by atoms with Gasteiger partial charge in [-0.2, -0.15) is 0 Å². The summed E-state index contributed by atoms with van der Waals surface area (Å²) in [6.45, 7) is 3.91. The monoisotopic (exact) mass is 191 g/mol. The minimum Gasteiger partial charge on any atom is -0.261 e. The highest BCUT2D eigenvalue weighted by molar-refractivity contribution is 7.14. The number of pyridine rings is 1. The first-order chi connectivity index (χ1) is 6.25. The van der Waals surface area contributed by atoms with Crippen LogP contribution in [0.15, 0.2) is 18.3 Å². The average molecular weight is 191 g/mol. The predicted molar refractivity (Wildman–Crippen MR) is 52.6 cm³/mol. The second kappa shape index (κ2) is 3.22. The van der Waals surface area contributed by atoms with Crippen LogP contribution < -0.4 is 0 Å². The summed E-state index contributed by atoms with van der Waals surface area (Å²) in [6.07, 6.45) is 1.83. The van der Waals surface area contributed by atoms with Gasteiger partial charge in [0.05, 0.1) is 0 Å². The Morgan fingerprint density at radius 1 is 1.15 bits per heavy atom. The first-order valence-electron chi connectivity index (χ1n) is 3.99. The van der Waals surface area contributed by atoms with E-state index in [2.05, 4.69) is 15.2 Å². The van der Waals surface area contributed by atoms with Crippen molar-refractivity contribution in [3.63, 3.8) is 0 Å². The lowest BCUT2D eigenvalue weighted by atomic mass is 10.3.